The van der Waals surface area contributed by atoms with Crippen molar-refractivity contribution in [2.24, 2.45) is 0 Å². The number of ketones is 1. The van der Waals surface area contributed by atoms with Gasteiger partial charge in [-0.05, 0) is 35.9 Å². The third-order valence-electron chi connectivity index (χ3n) is 3.53. The van der Waals surface area contributed by atoms with E-state index in [-0.39, 0.29) is 23.3 Å². The van der Waals surface area contributed by atoms with E-state index in [1.54, 1.807) is 30.3 Å². The fraction of sp³-hybridized carbons (Fsp3) is 0.111. The summed E-state index contributed by atoms with van der Waals surface area (Å²) in [4.78, 5) is 23.6. The fourth-order valence-corrected chi connectivity index (χ4v) is 2.78. The van der Waals surface area contributed by atoms with Gasteiger partial charge in [0.05, 0.1) is 10.6 Å². The van der Waals surface area contributed by atoms with Crippen LogP contribution in [0.1, 0.15) is 22.8 Å². The summed E-state index contributed by atoms with van der Waals surface area (Å²) in [7, 11) is 0. The topological polar surface area (TPSA) is 55.4 Å². The van der Waals surface area contributed by atoms with Gasteiger partial charge in [-0.2, -0.15) is 0 Å². The molecule has 0 spiro atoms. The first kappa shape index (κ1) is 16.6. The van der Waals surface area contributed by atoms with Crippen LogP contribution in [0.25, 0.3) is 6.08 Å². The van der Waals surface area contributed by atoms with Gasteiger partial charge in [0, 0.05) is 18.2 Å². The Kier molecular flexibility index (Phi) is 4.60. The first-order valence-electron chi connectivity index (χ1n) is 7.19. The Hall–Kier alpha value is -2.30. The van der Waals surface area contributed by atoms with Gasteiger partial charge in [-0.3, -0.25) is 9.59 Å². The number of hydrogen-bond acceptors (Lipinski definition) is 3. The molecular formula is C18H13Cl2NO3. The molecule has 2 aromatic carbocycles. The SMILES string of the molecule is CC(=O)Nc1ccc(/C=C2/COc3c(ccc(Cl)c3Cl)C2=O)cc1. The summed E-state index contributed by atoms with van der Waals surface area (Å²) >= 11 is 12.0. The zero-order valence-electron chi connectivity index (χ0n) is 12.7. The van der Waals surface area contributed by atoms with Crippen LogP contribution in [-0.4, -0.2) is 18.3 Å². The molecule has 0 unspecified atom stereocenters. The molecule has 0 saturated heterocycles. The van der Waals surface area contributed by atoms with Crippen molar-refractivity contribution in [2.75, 3.05) is 11.9 Å². The minimum Gasteiger partial charge on any atom is -0.486 e. The second-order valence-corrected chi connectivity index (χ2v) is 6.11. The minimum absolute atomic E-state index is 0.124. The number of fused-ring (bicyclic) bond motifs is 1. The molecule has 0 aliphatic carbocycles. The number of benzene rings is 2. The third kappa shape index (κ3) is 3.30. The average molecular weight is 362 g/mol. The summed E-state index contributed by atoms with van der Waals surface area (Å²) < 4.78 is 5.60. The number of carbonyl (C=O) groups is 2. The molecule has 0 atom stereocenters. The number of Topliss-reactive ketones (excluding diaryl/α,β-unsaturated/α-hetero) is 1. The molecule has 122 valence electrons. The molecule has 1 aliphatic rings. The van der Waals surface area contributed by atoms with Crippen LogP contribution in [-0.2, 0) is 4.79 Å². The molecule has 1 heterocycles. The average Bonchev–Trinajstić information content (AvgIpc) is 2.55. The first-order valence-corrected chi connectivity index (χ1v) is 7.95. The molecule has 24 heavy (non-hydrogen) atoms. The fourth-order valence-electron chi connectivity index (χ4n) is 2.41. The summed E-state index contributed by atoms with van der Waals surface area (Å²) in [5.41, 5.74) is 2.45. The van der Waals surface area contributed by atoms with Gasteiger partial charge >= 0.3 is 0 Å². The molecule has 1 N–H and O–H groups in total. The number of amides is 1. The van der Waals surface area contributed by atoms with E-state index in [4.69, 9.17) is 27.9 Å². The molecule has 0 aromatic heterocycles. The van der Waals surface area contributed by atoms with Crippen LogP contribution in [0.4, 0.5) is 5.69 Å². The molecule has 0 saturated carbocycles. The van der Waals surface area contributed by atoms with Gasteiger partial charge in [0.2, 0.25) is 5.91 Å². The lowest BCUT2D eigenvalue weighted by molar-refractivity contribution is -0.114. The van der Waals surface area contributed by atoms with Gasteiger partial charge in [0.25, 0.3) is 0 Å². The van der Waals surface area contributed by atoms with Crippen molar-refractivity contribution in [2.45, 2.75) is 6.92 Å². The van der Waals surface area contributed by atoms with Crippen LogP contribution in [0.15, 0.2) is 42.0 Å². The van der Waals surface area contributed by atoms with Gasteiger partial charge in [0.15, 0.2) is 11.5 Å². The number of rotatable bonds is 2. The van der Waals surface area contributed by atoms with Crippen molar-refractivity contribution in [3.8, 4) is 5.75 Å². The van der Waals surface area contributed by atoms with E-state index in [2.05, 4.69) is 5.32 Å². The van der Waals surface area contributed by atoms with E-state index in [1.165, 1.54) is 6.92 Å². The highest BCUT2D eigenvalue weighted by Crippen LogP contribution is 2.39. The van der Waals surface area contributed by atoms with Crippen LogP contribution in [0.5, 0.6) is 5.75 Å². The van der Waals surface area contributed by atoms with Crippen LogP contribution in [0.3, 0.4) is 0 Å². The van der Waals surface area contributed by atoms with Crippen molar-refractivity contribution in [1.82, 2.24) is 0 Å². The molecular weight excluding hydrogens is 349 g/mol. The molecule has 6 heteroatoms. The molecule has 1 amide bonds. The third-order valence-corrected chi connectivity index (χ3v) is 4.32. The van der Waals surface area contributed by atoms with Gasteiger partial charge in [-0.15, -0.1) is 0 Å². The van der Waals surface area contributed by atoms with Crippen molar-refractivity contribution in [3.05, 3.63) is 63.1 Å². The lowest BCUT2D eigenvalue weighted by Crippen LogP contribution is -2.19. The van der Waals surface area contributed by atoms with Crippen molar-refractivity contribution in [1.29, 1.82) is 0 Å². The zero-order valence-corrected chi connectivity index (χ0v) is 14.2. The second kappa shape index (κ2) is 6.67. The Morgan fingerprint density at radius 2 is 1.88 bits per heavy atom. The van der Waals surface area contributed by atoms with Gasteiger partial charge in [0.1, 0.15) is 11.6 Å². The minimum atomic E-state index is -0.138. The molecule has 1 aliphatic heterocycles. The van der Waals surface area contributed by atoms with Gasteiger partial charge < -0.3 is 10.1 Å². The maximum Gasteiger partial charge on any atom is 0.221 e. The molecule has 2 aromatic rings. The van der Waals surface area contributed by atoms with Crippen molar-refractivity contribution in [3.63, 3.8) is 0 Å². The summed E-state index contributed by atoms with van der Waals surface area (Å²) in [6.45, 7) is 1.57. The predicted molar refractivity (Wildman–Crippen MR) is 95.0 cm³/mol. The highest BCUT2D eigenvalue weighted by Gasteiger charge is 2.26. The predicted octanol–water partition coefficient (Wildman–Crippen LogP) is 4.61. The largest absolute Gasteiger partial charge is 0.486 e. The van der Waals surface area contributed by atoms with Gasteiger partial charge in [-0.1, -0.05) is 35.3 Å². The van der Waals surface area contributed by atoms with E-state index in [0.717, 1.165) is 5.56 Å². The number of hydrogen-bond donors (Lipinski definition) is 1. The van der Waals surface area contributed by atoms with E-state index in [9.17, 15) is 9.59 Å². The van der Waals surface area contributed by atoms with E-state index in [1.807, 2.05) is 12.1 Å². The smallest absolute Gasteiger partial charge is 0.221 e. The quantitative estimate of drug-likeness (QED) is 0.794. The van der Waals surface area contributed by atoms with Crippen LogP contribution in [0.2, 0.25) is 10.0 Å². The van der Waals surface area contributed by atoms with Crippen molar-refractivity contribution < 1.29 is 14.3 Å². The standard InChI is InChI=1S/C18H13Cl2NO3/c1-10(22)21-13-4-2-11(3-5-13)8-12-9-24-18-14(17(12)23)6-7-15(19)16(18)20/h2-8H,9H2,1H3,(H,21,22)/b12-8-. The summed E-state index contributed by atoms with van der Waals surface area (Å²) in [6, 6.07) is 10.4. The number of carbonyl (C=O) groups excluding carboxylic acids is 2. The molecule has 0 bridgehead atoms. The van der Waals surface area contributed by atoms with Crippen LogP contribution >= 0.6 is 23.2 Å². The lowest BCUT2D eigenvalue weighted by Gasteiger charge is -2.20. The molecule has 4 nitrogen and oxygen atoms in total. The maximum atomic E-state index is 12.6. The highest BCUT2D eigenvalue weighted by atomic mass is 35.5. The Bertz CT molecular complexity index is 857. The van der Waals surface area contributed by atoms with Crippen LogP contribution in [0, 0.1) is 0 Å². The van der Waals surface area contributed by atoms with Crippen LogP contribution < -0.4 is 10.1 Å². The summed E-state index contributed by atoms with van der Waals surface area (Å²) in [5, 5.41) is 3.29. The monoisotopic (exact) mass is 361 g/mol. The molecule has 0 fully saturated rings. The Morgan fingerprint density at radius 3 is 2.54 bits per heavy atom. The van der Waals surface area contributed by atoms with Gasteiger partial charge in [-0.25, -0.2) is 0 Å². The highest BCUT2D eigenvalue weighted by molar-refractivity contribution is 6.43. The lowest BCUT2D eigenvalue weighted by atomic mass is 9.98. The second-order valence-electron chi connectivity index (χ2n) is 5.33. The molecule has 0 radical (unpaired) electrons. The Balaban J connectivity index is 1.88. The number of halogens is 2. The number of ether oxygens (including phenoxy) is 1. The first-order chi connectivity index (χ1) is 11.5. The van der Waals surface area contributed by atoms with E-state index >= 15 is 0 Å². The summed E-state index contributed by atoms with van der Waals surface area (Å²) in [5.74, 6) is 0.0530. The molecule has 3 rings (SSSR count). The number of nitrogens with one attached hydrogen (secondary N) is 1. The Morgan fingerprint density at radius 1 is 1.17 bits per heavy atom. The Labute approximate surface area is 149 Å². The number of anilines is 1. The summed E-state index contributed by atoms with van der Waals surface area (Å²) in [6.07, 6.45) is 1.76. The van der Waals surface area contributed by atoms with Crippen molar-refractivity contribution >= 4 is 46.7 Å². The maximum absolute atomic E-state index is 12.6. The van der Waals surface area contributed by atoms with E-state index < -0.39 is 0 Å². The van der Waals surface area contributed by atoms with E-state index in [0.29, 0.717) is 27.6 Å². The zero-order chi connectivity index (χ0) is 17.3. The normalized spacial score (nSPS) is 15.0.